The zero-order valence-electron chi connectivity index (χ0n) is 13.5. The Bertz CT molecular complexity index is 781. The molecule has 1 N–H and O–H groups in total. The fourth-order valence-corrected chi connectivity index (χ4v) is 4.19. The van der Waals surface area contributed by atoms with Crippen LogP contribution in [0.1, 0.15) is 36.4 Å². The fourth-order valence-electron chi connectivity index (χ4n) is 3.48. The highest BCUT2D eigenvalue weighted by molar-refractivity contribution is 6.35. The van der Waals surface area contributed by atoms with Crippen molar-refractivity contribution in [2.75, 3.05) is 6.54 Å². The molecule has 2 unspecified atom stereocenters. The molecule has 0 amide bonds. The van der Waals surface area contributed by atoms with Crippen molar-refractivity contribution in [1.82, 2.24) is 4.90 Å². The van der Waals surface area contributed by atoms with E-state index in [1.807, 2.05) is 29.2 Å². The predicted molar refractivity (Wildman–Crippen MR) is 102 cm³/mol. The molecule has 1 aliphatic heterocycles. The second-order valence-electron chi connectivity index (χ2n) is 6.21. The lowest BCUT2D eigenvalue weighted by molar-refractivity contribution is -0.145. The van der Waals surface area contributed by atoms with Crippen LogP contribution in [0.15, 0.2) is 42.5 Å². The molecule has 0 aliphatic carbocycles. The van der Waals surface area contributed by atoms with Crippen LogP contribution in [0.25, 0.3) is 0 Å². The van der Waals surface area contributed by atoms with Crippen LogP contribution < -0.4 is 0 Å². The van der Waals surface area contributed by atoms with E-state index in [4.69, 9.17) is 34.8 Å². The van der Waals surface area contributed by atoms with Crippen LogP contribution in [0.5, 0.6) is 0 Å². The number of carboxylic acid groups (broad SMARTS) is 1. The summed E-state index contributed by atoms with van der Waals surface area (Å²) in [7, 11) is 0. The summed E-state index contributed by atoms with van der Waals surface area (Å²) in [5.41, 5.74) is 1.76. The zero-order chi connectivity index (χ0) is 18.0. The van der Waals surface area contributed by atoms with E-state index in [0.717, 1.165) is 24.0 Å². The average Bonchev–Trinajstić information content (AvgIpc) is 2.57. The molecule has 1 aliphatic rings. The molecule has 1 heterocycles. The van der Waals surface area contributed by atoms with E-state index in [1.54, 1.807) is 18.2 Å². The van der Waals surface area contributed by atoms with Crippen LogP contribution in [0.4, 0.5) is 0 Å². The maximum atomic E-state index is 11.8. The first-order valence-corrected chi connectivity index (χ1v) is 9.29. The average molecular weight is 399 g/mol. The number of piperidine rings is 1. The third kappa shape index (κ3) is 4.12. The van der Waals surface area contributed by atoms with E-state index >= 15 is 0 Å². The minimum Gasteiger partial charge on any atom is -0.480 e. The second-order valence-corrected chi connectivity index (χ2v) is 7.49. The number of nitrogens with zero attached hydrogens (tertiary/aromatic N) is 1. The van der Waals surface area contributed by atoms with E-state index < -0.39 is 12.0 Å². The Kier molecular flexibility index (Phi) is 5.90. The van der Waals surface area contributed by atoms with Crippen LogP contribution in [0.2, 0.25) is 15.1 Å². The number of benzene rings is 2. The molecule has 3 rings (SSSR count). The molecule has 1 saturated heterocycles. The molecule has 132 valence electrons. The Hall–Kier alpha value is -1.26. The highest BCUT2D eigenvalue weighted by atomic mass is 35.5. The van der Waals surface area contributed by atoms with Gasteiger partial charge in [0, 0.05) is 15.1 Å². The lowest BCUT2D eigenvalue weighted by Crippen LogP contribution is -2.46. The number of rotatable bonds is 4. The third-order valence-electron chi connectivity index (χ3n) is 4.58. The quantitative estimate of drug-likeness (QED) is 0.720. The molecule has 0 spiro atoms. The van der Waals surface area contributed by atoms with Crippen molar-refractivity contribution in [2.45, 2.75) is 31.3 Å². The largest absolute Gasteiger partial charge is 0.480 e. The molecule has 0 bridgehead atoms. The molecule has 3 nitrogen and oxygen atoms in total. The van der Waals surface area contributed by atoms with E-state index in [9.17, 15) is 9.90 Å². The summed E-state index contributed by atoms with van der Waals surface area (Å²) >= 11 is 18.7. The summed E-state index contributed by atoms with van der Waals surface area (Å²) in [6.07, 6.45) is 2.48. The van der Waals surface area contributed by atoms with Crippen LogP contribution in [-0.4, -0.2) is 28.6 Å². The number of carboxylic acids is 1. The molecule has 0 aromatic heterocycles. The highest BCUT2D eigenvalue weighted by Crippen LogP contribution is 2.38. The summed E-state index contributed by atoms with van der Waals surface area (Å²) in [5.74, 6) is -0.809. The lowest BCUT2D eigenvalue weighted by atomic mass is 9.91. The smallest absolute Gasteiger partial charge is 0.320 e. The van der Waals surface area contributed by atoms with Gasteiger partial charge in [0.05, 0.1) is 6.04 Å². The van der Waals surface area contributed by atoms with Crippen molar-refractivity contribution in [3.63, 3.8) is 0 Å². The third-order valence-corrected chi connectivity index (χ3v) is 5.38. The predicted octanol–water partition coefficient (Wildman–Crippen LogP) is 5.68. The van der Waals surface area contributed by atoms with Crippen LogP contribution in [0.3, 0.4) is 0 Å². The summed E-state index contributed by atoms with van der Waals surface area (Å²) in [6, 6.07) is 12.0. The molecule has 0 saturated carbocycles. The van der Waals surface area contributed by atoms with Gasteiger partial charge in [0.2, 0.25) is 0 Å². The molecule has 25 heavy (non-hydrogen) atoms. The Labute approximate surface area is 162 Å². The Balaban J connectivity index is 2.12. The van der Waals surface area contributed by atoms with Gasteiger partial charge in [-0.3, -0.25) is 9.69 Å². The van der Waals surface area contributed by atoms with E-state index in [-0.39, 0.29) is 6.04 Å². The van der Waals surface area contributed by atoms with Gasteiger partial charge in [0.1, 0.15) is 6.04 Å². The Morgan fingerprint density at radius 2 is 1.84 bits per heavy atom. The van der Waals surface area contributed by atoms with Crippen molar-refractivity contribution in [3.05, 3.63) is 68.7 Å². The van der Waals surface area contributed by atoms with Gasteiger partial charge in [0.25, 0.3) is 0 Å². The minimum atomic E-state index is -0.809. The first-order chi connectivity index (χ1) is 12.0. The number of hydrogen-bond acceptors (Lipinski definition) is 2. The molecule has 0 radical (unpaired) electrons. The van der Waals surface area contributed by atoms with Crippen molar-refractivity contribution >= 4 is 40.8 Å². The maximum absolute atomic E-state index is 11.8. The molecule has 6 heteroatoms. The first-order valence-electron chi connectivity index (χ1n) is 8.16. The Morgan fingerprint density at radius 3 is 2.52 bits per heavy atom. The summed E-state index contributed by atoms with van der Waals surface area (Å²) in [5, 5.41) is 11.4. The lowest BCUT2D eigenvalue weighted by Gasteiger charge is -2.40. The number of halogens is 3. The molecule has 2 aromatic rings. The second kappa shape index (κ2) is 7.96. The normalized spacial score (nSPS) is 19.6. The fraction of sp³-hybridized carbons (Fsp3) is 0.316. The molecular weight excluding hydrogens is 381 g/mol. The van der Waals surface area contributed by atoms with Gasteiger partial charge in [-0.1, -0.05) is 59.4 Å². The number of hydrogen-bond donors (Lipinski definition) is 1. The van der Waals surface area contributed by atoms with Crippen LogP contribution in [-0.2, 0) is 4.79 Å². The van der Waals surface area contributed by atoms with Gasteiger partial charge in [-0.05, 0) is 54.8 Å². The van der Waals surface area contributed by atoms with E-state index in [2.05, 4.69) is 0 Å². The first kappa shape index (κ1) is 18.5. The monoisotopic (exact) mass is 397 g/mol. The van der Waals surface area contributed by atoms with Gasteiger partial charge in [-0.15, -0.1) is 0 Å². The van der Waals surface area contributed by atoms with Crippen LogP contribution >= 0.6 is 34.8 Å². The SMILES string of the molecule is O=C(O)C1CCCCN1C(c1cccc(Cl)c1)c1ccc(Cl)cc1Cl. The molecular formula is C19H18Cl3NO2. The topological polar surface area (TPSA) is 40.5 Å². The van der Waals surface area contributed by atoms with Gasteiger partial charge in [0.15, 0.2) is 0 Å². The zero-order valence-corrected chi connectivity index (χ0v) is 15.7. The Morgan fingerprint density at radius 1 is 1.08 bits per heavy atom. The number of aliphatic carboxylic acids is 1. The molecule has 2 atom stereocenters. The van der Waals surface area contributed by atoms with Gasteiger partial charge in [-0.2, -0.15) is 0 Å². The van der Waals surface area contributed by atoms with Gasteiger partial charge >= 0.3 is 5.97 Å². The van der Waals surface area contributed by atoms with Crippen molar-refractivity contribution in [2.24, 2.45) is 0 Å². The van der Waals surface area contributed by atoms with Gasteiger partial charge in [-0.25, -0.2) is 0 Å². The highest BCUT2D eigenvalue weighted by Gasteiger charge is 2.35. The van der Waals surface area contributed by atoms with E-state index in [1.165, 1.54) is 0 Å². The van der Waals surface area contributed by atoms with Crippen molar-refractivity contribution < 1.29 is 9.90 Å². The van der Waals surface area contributed by atoms with Gasteiger partial charge < -0.3 is 5.11 Å². The standard InChI is InChI=1S/C19H18Cl3NO2/c20-13-5-3-4-12(10-13)18(15-8-7-14(21)11-16(15)22)23-9-2-1-6-17(23)19(24)25/h3-5,7-8,10-11,17-18H,1-2,6,9H2,(H,24,25). The maximum Gasteiger partial charge on any atom is 0.320 e. The summed E-state index contributed by atoms with van der Waals surface area (Å²) in [6.45, 7) is 0.688. The number of carbonyl (C=O) groups is 1. The van der Waals surface area contributed by atoms with Crippen LogP contribution in [0, 0.1) is 0 Å². The molecule has 2 aromatic carbocycles. The number of likely N-dealkylation sites (tertiary alicyclic amines) is 1. The molecule has 1 fully saturated rings. The summed E-state index contributed by atoms with van der Waals surface area (Å²) < 4.78 is 0. The van der Waals surface area contributed by atoms with E-state index in [0.29, 0.717) is 28.0 Å². The minimum absolute atomic E-state index is 0.287. The summed E-state index contributed by atoms with van der Waals surface area (Å²) in [4.78, 5) is 13.8. The van der Waals surface area contributed by atoms with Crippen molar-refractivity contribution in [1.29, 1.82) is 0 Å². The van der Waals surface area contributed by atoms with Crippen molar-refractivity contribution in [3.8, 4) is 0 Å².